The van der Waals surface area contributed by atoms with Crippen molar-refractivity contribution in [3.8, 4) is 5.75 Å². The van der Waals surface area contributed by atoms with E-state index in [0.29, 0.717) is 6.04 Å². The Balaban J connectivity index is 1.99. The summed E-state index contributed by atoms with van der Waals surface area (Å²) in [6.45, 7) is 4.28. The summed E-state index contributed by atoms with van der Waals surface area (Å²) < 4.78 is 6.25. The standard InChI is InChI=1S/C18H21NO/c1-12-8-9-17-15(10-12)16(19-3)11-18(20-17)14-7-5-4-6-13(14)2/h4-10,16,18-19H,11H2,1-3H3. The second-order valence-corrected chi connectivity index (χ2v) is 5.58. The third kappa shape index (κ3) is 2.32. The second-order valence-electron chi connectivity index (χ2n) is 5.58. The molecule has 1 N–H and O–H groups in total. The zero-order valence-electron chi connectivity index (χ0n) is 12.3. The fourth-order valence-electron chi connectivity index (χ4n) is 3.00. The smallest absolute Gasteiger partial charge is 0.126 e. The molecular formula is C18H21NO. The molecule has 20 heavy (non-hydrogen) atoms. The second kappa shape index (κ2) is 5.29. The van der Waals surface area contributed by atoms with Gasteiger partial charge in [0.2, 0.25) is 0 Å². The van der Waals surface area contributed by atoms with Gasteiger partial charge in [-0.2, -0.15) is 0 Å². The molecule has 2 aromatic rings. The number of hydrogen-bond donors (Lipinski definition) is 1. The van der Waals surface area contributed by atoms with Crippen LogP contribution in [0.4, 0.5) is 0 Å². The van der Waals surface area contributed by atoms with Crippen molar-refractivity contribution >= 4 is 0 Å². The predicted molar refractivity (Wildman–Crippen MR) is 82.1 cm³/mol. The molecule has 2 atom stereocenters. The average Bonchev–Trinajstić information content (AvgIpc) is 2.46. The van der Waals surface area contributed by atoms with Gasteiger partial charge in [0.05, 0.1) is 0 Å². The highest BCUT2D eigenvalue weighted by Gasteiger charge is 2.29. The molecule has 1 aliphatic heterocycles. The summed E-state index contributed by atoms with van der Waals surface area (Å²) in [5, 5.41) is 3.43. The zero-order valence-corrected chi connectivity index (χ0v) is 12.3. The van der Waals surface area contributed by atoms with Crippen LogP contribution in [0.2, 0.25) is 0 Å². The Morgan fingerprint density at radius 3 is 2.60 bits per heavy atom. The molecular weight excluding hydrogens is 246 g/mol. The first-order valence-electron chi connectivity index (χ1n) is 7.19. The van der Waals surface area contributed by atoms with E-state index in [1.165, 1.54) is 22.3 Å². The lowest BCUT2D eigenvalue weighted by atomic mass is 9.90. The summed E-state index contributed by atoms with van der Waals surface area (Å²) >= 11 is 0. The Morgan fingerprint density at radius 2 is 1.85 bits per heavy atom. The molecule has 0 radical (unpaired) electrons. The Labute approximate surface area is 120 Å². The first-order chi connectivity index (χ1) is 9.69. The van der Waals surface area contributed by atoms with Gasteiger partial charge in [0.15, 0.2) is 0 Å². The van der Waals surface area contributed by atoms with Crippen LogP contribution in [0.15, 0.2) is 42.5 Å². The van der Waals surface area contributed by atoms with Gasteiger partial charge in [-0.15, -0.1) is 0 Å². The van der Waals surface area contributed by atoms with Crippen LogP contribution in [-0.4, -0.2) is 7.05 Å². The van der Waals surface area contributed by atoms with Gasteiger partial charge in [0.1, 0.15) is 11.9 Å². The maximum absolute atomic E-state index is 6.25. The van der Waals surface area contributed by atoms with Gasteiger partial charge < -0.3 is 10.1 Å². The average molecular weight is 267 g/mol. The number of aryl methyl sites for hydroxylation is 2. The normalized spacial score (nSPS) is 21.1. The van der Waals surface area contributed by atoms with E-state index in [9.17, 15) is 0 Å². The van der Waals surface area contributed by atoms with Crippen molar-refractivity contribution in [1.82, 2.24) is 5.32 Å². The van der Waals surface area contributed by atoms with Crippen molar-refractivity contribution in [1.29, 1.82) is 0 Å². The number of ether oxygens (including phenoxy) is 1. The van der Waals surface area contributed by atoms with Gasteiger partial charge >= 0.3 is 0 Å². The molecule has 0 aromatic heterocycles. The van der Waals surface area contributed by atoms with E-state index in [4.69, 9.17) is 4.74 Å². The lowest BCUT2D eigenvalue weighted by Crippen LogP contribution is -2.27. The van der Waals surface area contributed by atoms with E-state index in [2.05, 4.69) is 61.6 Å². The van der Waals surface area contributed by atoms with Crippen LogP contribution in [0.25, 0.3) is 0 Å². The SMILES string of the molecule is CNC1CC(c2ccccc2C)Oc2ccc(C)cc21. The first-order valence-corrected chi connectivity index (χ1v) is 7.19. The maximum Gasteiger partial charge on any atom is 0.126 e. The Bertz CT molecular complexity index is 621. The van der Waals surface area contributed by atoms with Crippen LogP contribution in [0.5, 0.6) is 5.75 Å². The molecule has 3 rings (SSSR count). The van der Waals surface area contributed by atoms with Crippen molar-refractivity contribution in [3.05, 3.63) is 64.7 Å². The molecule has 2 aromatic carbocycles. The highest BCUT2D eigenvalue weighted by molar-refractivity contribution is 5.42. The number of nitrogens with one attached hydrogen (secondary N) is 1. The van der Waals surface area contributed by atoms with E-state index < -0.39 is 0 Å². The molecule has 0 saturated heterocycles. The quantitative estimate of drug-likeness (QED) is 0.885. The fraction of sp³-hybridized carbons (Fsp3) is 0.333. The largest absolute Gasteiger partial charge is 0.485 e. The van der Waals surface area contributed by atoms with Crippen LogP contribution in [0.1, 0.15) is 40.8 Å². The minimum Gasteiger partial charge on any atom is -0.485 e. The highest BCUT2D eigenvalue weighted by atomic mass is 16.5. The van der Waals surface area contributed by atoms with E-state index in [-0.39, 0.29) is 6.10 Å². The Hall–Kier alpha value is -1.80. The fourth-order valence-corrected chi connectivity index (χ4v) is 3.00. The zero-order chi connectivity index (χ0) is 14.1. The van der Waals surface area contributed by atoms with Gasteiger partial charge in [-0.05, 0) is 38.1 Å². The summed E-state index contributed by atoms with van der Waals surface area (Å²) in [5.74, 6) is 1.01. The molecule has 1 heterocycles. The highest BCUT2D eigenvalue weighted by Crippen LogP contribution is 2.41. The first kappa shape index (κ1) is 13.2. The number of benzene rings is 2. The van der Waals surface area contributed by atoms with Gasteiger partial charge in [-0.3, -0.25) is 0 Å². The molecule has 2 unspecified atom stereocenters. The third-order valence-corrected chi connectivity index (χ3v) is 4.14. The van der Waals surface area contributed by atoms with Gasteiger partial charge in [0.25, 0.3) is 0 Å². The van der Waals surface area contributed by atoms with E-state index in [0.717, 1.165) is 12.2 Å². The molecule has 104 valence electrons. The number of rotatable bonds is 2. The van der Waals surface area contributed by atoms with Crippen molar-refractivity contribution in [2.75, 3.05) is 7.05 Å². The molecule has 0 amide bonds. The maximum atomic E-state index is 6.25. The topological polar surface area (TPSA) is 21.3 Å². The van der Waals surface area contributed by atoms with Crippen LogP contribution >= 0.6 is 0 Å². The lowest BCUT2D eigenvalue weighted by molar-refractivity contribution is 0.153. The molecule has 0 aliphatic carbocycles. The molecule has 0 fully saturated rings. The van der Waals surface area contributed by atoms with E-state index >= 15 is 0 Å². The number of fused-ring (bicyclic) bond motifs is 1. The van der Waals surface area contributed by atoms with Crippen LogP contribution in [0.3, 0.4) is 0 Å². The minimum atomic E-state index is 0.129. The van der Waals surface area contributed by atoms with Crippen LogP contribution in [0, 0.1) is 13.8 Å². The number of hydrogen-bond acceptors (Lipinski definition) is 2. The van der Waals surface area contributed by atoms with Crippen LogP contribution < -0.4 is 10.1 Å². The van der Waals surface area contributed by atoms with Crippen LogP contribution in [-0.2, 0) is 0 Å². The Morgan fingerprint density at radius 1 is 1.05 bits per heavy atom. The summed E-state index contributed by atoms with van der Waals surface area (Å²) in [6.07, 6.45) is 1.10. The van der Waals surface area contributed by atoms with Gasteiger partial charge in [0, 0.05) is 18.0 Å². The molecule has 0 saturated carbocycles. The van der Waals surface area contributed by atoms with E-state index in [1.807, 2.05) is 7.05 Å². The lowest BCUT2D eigenvalue weighted by Gasteiger charge is -2.33. The van der Waals surface area contributed by atoms with E-state index in [1.54, 1.807) is 0 Å². The van der Waals surface area contributed by atoms with Crippen molar-refractivity contribution in [3.63, 3.8) is 0 Å². The van der Waals surface area contributed by atoms with Crippen molar-refractivity contribution in [2.24, 2.45) is 0 Å². The Kier molecular flexibility index (Phi) is 3.49. The summed E-state index contributed by atoms with van der Waals surface area (Å²) in [6, 6.07) is 15.3. The predicted octanol–water partition coefficient (Wildman–Crippen LogP) is 4.09. The summed E-state index contributed by atoms with van der Waals surface area (Å²) in [4.78, 5) is 0. The molecule has 1 aliphatic rings. The summed E-state index contributed by atoms with van der Waals surface area (Å²) in [5.41, 5.74) is 5.14. The summed E-state index contributed by atoms with van der Waals surface area (Å²) in [7, 11) is 2.02. The monoisotopic (exact) mass is 267 g/mol. The molecule has 2 nitrogen and oxygen atoms in total. The van der Waals surface area contributed by atoms with Crippen molar-refractivity contribution in [2.45, 2.75) is 32.4 Å². The minimum absolute atomic E-state index is 0.129. The molecule has 0 bridgehead atoms. The van der Waals surface area contributed by atoms with Gasteiger partial charge in [-0.1, -0.05) is 42.0 Å². The molecule has 0 spiro atoms. The third-order valence-electron chi connectivity index (χ3n) is 4.14. The van der Waals surface area contributed by atoms with Crippen molar-refractivity contribution < 1.29 is 4.74 Å². The molecule has 2 heteroatoms. The van der Waals surface area contributed by atoms with Gasteiger partial charge in [-0.25, -0.2) is 0 Å².